The van der Waals surface area contributed by atoms with Gasteiger partial charge in [-0.3, -0.25) is 9.59 Å². The van der Waals surface area contributed by atoms with Crippen molar-refractivity contribution in [3.8, 4) is 22.6 Å². The summed E-state index contributed by atoms with van der Waals surface area (Å²) >= 11 is 0. The van der Waals surface area contributed by atoms with Gasteiger partial charge in [0.15, 0.2) is 11.5 Å². The van der Waals surface area contributed by atoms with Crippen molar-refractivity contribution in [1.82, 2.24) is 20.0 Å². The summed E-state index contributed by atoms with van der Waals surface area (Å²) in [6.07, 6.45) is 5.37. The van der Waals surface area contributed by atoms with Crippen molar-refractivity contribution in [2.75, 3.05) is 17.7 Å². The predicted molar refractivity (Wildman–Crippen MR) is 131 cm³/mol. The van der Waals surface area contributed by atoms with E-state index in [0.717, 1.165) is 29.7 Å². The van der Waals surface area contributed by atoms with Gasteiger partial charge >= 0.3 is 0 Å². The Kier molecular flexibility index (Phi) is 5.84. The number of rotatable bonds is 8. The molecule has 10 heteroatoms. The zero-order chi connectivity index (χ0) is 24.4. The number of nitrogens with zero attached hydrogens (tertiary/aromatic N) is 4. The SMILES string of the molecule is COc1c(Nc2cc(NC(=O)C3CC3)nnc2C(N)=O)cccc1-c1cnn(-c2ccccc2)c1. The lowest BCUT2D eigenvalue weighted by atomic mass is 10.1. The molecular weight excluding hydrogens is 446 g/mol. The average Bonchev–Trinajstić information content (AvgIpc) is 3.61. The van der Waals surface area contributed by atoms with Gasteiger partial charge in [-0.25, -0.2) is 4.68 Å². The lowest BCUT2D eigenvalue weighted by molar-refractivity contribution is -0.117. The summed E-state index contributed by atoms with van der Waals surface area (Å²) in [5.74, 6) is -0.103. The zero-order valence-electron chi connectivity index (χ0n) is 18.9. The second kappa shape index (κ2) is 9.26. The van der Waals surface area contributed by atoms with Gasteiger partial charge in [-0.2, -0.15) is 5.10 Å². The molecule has 2 aromatic carbocycles. The molecule has 10 nitrogen and oxygen atoms in total. The van der Waals surface area contributed by atoms with Gasteiger partial charge in [-0.15, -0.1) is 10.2 Å². The third-order valence-corrected chi connectivity index (χ3v) is 5.63. The number of methoxy groups -OCH3 is 1. The minimum absolute atomic E-state index is 0.00222. The number of primary amides is 1. The van der Waals surface area contributed by atoms with Gasteiger partial charge in [0.1, 0.15) is 5.75 Å². The van der Waals surface area contributed by atoms with Crippen LogP contribution in [-0.4, -0.2) is 38.9 Å². The quantitative estimate of drug-likeness (QED) is 0.359. The molecule has 176 valence electrons. The Morgan fingerprint density at radius 3 is 2.57 bits per heavy atom. The number of hydrogen-bond acceptors (Lipinski definition) is 7. The Bertz CT molecular complexity index is 1400. The van der Waals surface area contributed by atoms with Gasteiger partial charge in [0.05, 0.1) is 30.4 Å². The molecule has 0 radical (unpaired) electrons. The number of nitrogens with two attached hydrogens (primary N) is 1. The predicted octanol–water partition coefficient (Wildman–Crippen LogP) is 3.53. The van der Waals surface area contributed by atoms with Crippen molar-refractivity contribution < 1.29 is 14.3 Å². The molecule has 1 saturated carbocycles. The van der Waals surface area contributed by atoms with Crippen molar-refractivity contribution in [2.24, 2.45) is 11.7 Å². The molecule has 0 spiro atoms. The minimum atomic E-state index is -0.751. The fourth-order valence-electron chi connectivity index (χ4n) is 3.72. The topological polar surface area (TPSA) is 137 Å². The maximum Gasteiger partial charge on any atom is 0.271 e. The molecule has 35 heavy (non-hydrogen) atoms. The summed E-state index contributed by atoms with van der Waals surface area (Å²) in [6.45, 7) is 0. The summed E-state index contributed by atoms with van der Waals surface area (Å²) in [6, 6.07) is 16.9. The number of anilines is 3. The van der Waals surface area contributed by atoms with Crippen LogP contribution in [0.2, 0.25) is 0 Å². The molecule has 2 heterocycles. The first-order valence-electron chi connectivity index (χ1n) is 11.1. The van der Waals surface area contributed by atoms with Crippen molar-refractivity contribution >= 4 is 29.0 Å². The Morgan fingerprint density at radius 1 is 1.06 bits per heavy atom. The van der Waals surface area contributed by atoms with E-state index in [2.05, 4.69) is 25.9 Å². The zero-order valence-corrected chi connectivity index (χ0v) is 18.9. The Hall–Kier alpha value is -4.73. The van der Waals surface area contributed by atoms with E-state index in [9.17, 15) is 9.59 Å². The summed E-state index contributed by atoms with van der Waals surface area (Å²) in [5, 5.41) is 18.2. The van der Waals surface area contributed by atoms with Crippen LogP contribution in [0.3, 0.4) is 0 Å². The molecule has 2 amide bonds. The number of para-hydroxylation sites is 2. The van der Waals surface area contributed by atoms with E-state index >= 15 is 0 Å². The molecular formula is C25H23N7O3. The summed E-state index contributed by atoms with van der Waals surface area (Å²) in [7, 11) is 1.56. The number of ether oxygens (including phenoxy) is 1. The van der Waals surface area contributed by atoms with Gasteiger partial charge in [0, 0.05) is 29.3 Å². The molecule has 2 aromatic heterocycles. The average molecular weight is 470 g/mol. The number of benzene rings is 2. The van der Waals surface area contributed by atoms with Gasteiger partial charge in [0.2, 0.25) is 5.91 Å². The first-order valence-corrected chi connectivity index (χ1v) is 11.1. The lowest BCUT2D eigenvalue weighted by Crippen LogP contribution is -2.19. The van der Waals surface area contributed by atoms with E-state index < -0.39 is 5.91 Å². The van der Waals surface area contributed by atoms with Crippen LogP contribution in [0.25, 0.3) is 16.8 Å². The van der Waals surface area contributed by atoms with Crippen LogP contribution in [0.5, 0.6) is 5.75 Å². The highest BCUT2D eigenvalue weighted by atomic mass is 16.5. The molecule has 0 saturated heterocycles. The molecule has 0 atom stereocenters. The van der Waals surface area contributed by atoms with E-state index in [4.69, 9.17) is 10.5 Å². The fourth-order valence-corrected chi connectivity index (χ4v) is 3.72. The maximum absolute atomic E-state index is 12.2. The lowest BCUT2D eigenvalue weighted by Gasteiger charge is -2.16. The van der Waals surface area contributed by atoms with Crippen LogP contribution in [0.15, 0.2) is 67.0 Å². The molecule has 5 rings (SSSR count). The number of carbonyl (C=O) groups is 2. The number of aromatic nitrogens is 4. The molecule has 0 unspecified atom stereocenters. The number of carbonyl (C=O) groups excluding carboxylic acids is 2. The Labute approximate surface area is 201 Å². The fraction of sp³-hybridized carbons (Fsp3) is 0.160. The third-order valence-electron chi connectivity index (χ3n) is 5.63. The standard InChI is InChI=1S/C25H23N7O3/c1-35-23-18(16-13-27-32(14-16)17-6-3-2-4-7-17)8-5-9-19(23)28-20-12-21(29-25(34)15-10-11-15)30-31-22(20)24(26)33/h2-9,12-15H,10-11H2,1H3,(H2,26,33)(H2,28,29,30,34). The highest BCUT2D eigenvalue weighted by Gasteiger charge is 2.30. The molecule has 1 aliphatic rings. The minimum Gasteiger partial charge on any atom is -0.494 e. The van der Waals surface area contributed by atoms with E-state index in [1.807, 2.05) is 48.7 Å². The molecule has 4 aromatic rings. The molecule has 1 fully saturated rings. The molecule has 1 aliphatic carbocycles. The van der Waals surface area contributed by atoms with Crippen LogP contribution in [0, 0.1) is 5.92 Å². The Balaban J connectivity index is 1.48. The first kappa shape index (κ1) is 22.1. The van der Waals surface area contributed by atoms with Crippen LogP contribution in [0.1, 0.15) is 23.3 Å². The number of amides is 2. The van der Waals surface area contributed by atoms with Crippen LogP contribution >= 0.6 is 0 Å². The van der Waals surface area contributed by atoms with E-state index in [-0.39, 0.29) is 23.3 Å². The summed E-state index contributed by atoms with van der Waals surface area (Å²) < 4.78 is 7.51. The number of nitrogens with one attached hydrogen (secondary N) is 2. The van der Waals surface area contributed by atoms with Crippen molar-refractivity contribution in [1.29, 1.82) is 0 Å². The van der Waals surface area contributed by atoms with Crippen molar-refractivity contribution in [2.45, 2.75) is 12.8 Å². The maximum atomic E-state index is 12.2. The molecule has 0 aliphatic heterocycles. The molecule has 4 N–H and O–H groups in total. The largest absolute Gasteiger partial charge is 0.494 e. The normalized spacial score (nSPS) is 12.7. The first-order chi connectivity index (χ1) is 17.0. The highest BCUT2D eigenvalue weighted by Crippen LogP contribution is 2.38. The van der Waals surface area contributed by atoms with Gasteiger partial charge < -0.3 is 21.1 Å². The Morgan fingerprint density at radius 2 is 1.86 bits per heavy atom. The van der Waals surface area contributed by atoms with Gasteiger partial charge in [-0.1, -0.05) is 30.3 Å². The monoisotopic (exact) mass is 469 g/mol. The van der Waals surface area contributed by atoms with E-state index in [1.165, 1.54) is 6.07 Å². The van der Waals surface area contributed by atoms with Crippen molar-refractivity contribution in [3.63, 3.8) is 0 Å². The van der Waals surface area contributed by atoms with E-state index in [0.29, 0.717) is 17.1 Å². The van der Waals surface area contributed by atoms with E-state index in [1.54, 1.807) is 24.1 Å². The smallest absolute Gasteiger partial charge is 0.271 e. The van der Waals surface area contributed by atoms with Gasteiger partial charge in [-0.05, 0) is 31.0 Å². The van der Waals surface area contributed by atoms with Crippen LogP contribution < -0.4 is 21.1 Å². The third kappa shape index (κ3) is 4.67. The molecule has 0 bridgehead atoms. The van der Waals surface area contributed by atoms with Gasteiger partial charge in [0.25, 0.3) is 5.91 Å². The number of hydrogen-bond donors (Lipinski definition) is 3. The van der Waals surface area contributed by atoms with Crippen LogP contribution in [-0.2, 0) is 4.79 Å². The van der Waals surface area contributed by atoms with Crippen LogP contribution in [0.4, 0.5) is 17.2 Å². The summed E-state index contributed by atoms with van der Waals surface area (Å²) in [5.41, 5.74) is 8.91. The highest BCUT2D eigenvalue weighted by molar-refractivity contribution is 5.99. The van der Waals surface area contributed by atoms with Crippen molar-refractivity contribution in [3.05, 3.63) is 72.7 Å². The second-order valence-corrected chi connectivity index (χ2v) is 8.14. The summed E-state index contributed by atoms with van der Waals surface area (Å²) in [4.78, 5) is 24.1. The second-order valence-electron chi connectivity index (χ2n) is 8.14.